The molecule has 8 aromatic carbocycles. The Hall–Kier alpha value is -7.37. The van der Waals surface area contributed by atoms with Gasteiger partial charge in [-0.05, 0) is 108 Å². The molecule has 0 unspecified atom stereocenters. The van der Waals surface area contributed by atoms with E-state index in [1.54, 1.807) is 0 Å². The Morgan fingerprint density at radius 2 is 1.14 bits per heavy atom. The molecule has 0 N–H and O–H groups in total. The van der Waals surface area contributed by atoms with Crippen LogP contribution in [0.15, 0.2) is 195 Å². The molecule has 63 heavy (non-hydrogen) atoms. The van der Waals surface area contributed by atoms with Crippen molar-refractivity contribution in [2.45, 2.75) is 20.8 Å². The Morgan fingerprint density at radius 3 is 1.94 bits per heavy atom. The second kappa shape index (κ2) is 16.5. The molecule has 0 atom stereocenters. The van der Waals surface area contributed by atoms with Crippen LogP contribution < -0.4 is 0 Å². The van der Waals surface area contributed by atoms with E-state index in [4.69, 9.17) is 0 Å². The average molecular weight is 988 g/mol. The molecule has 4 heterocycles. The van der Waals surface area contributed by atoms with E-state index in [-0.39, 0.29) is 20.1 Å². The molecule has 1 radical (unpaired) electrons. The molecule has 0 spiro atoms. The molecule has 5 nitrogen and oxygen atoms in total. The minimum Gasteiger partial charge on any atom is -0.340 e. The predicted molar refractivity (Wildman–Crippen MR) is 256 cm³/mol. The first-order chi connectivity index (χ1) is 30.5. The van der Waals surface area contributed by atoms with Crippen molar-refractivity contribution in [2.24, 2.45) is 0 Å². The van der Waals surface area contributed by atoms with Gasteiger partial charge in [-0.1, -0.05) is 102 Å². The SMILES string of the molecule is Cc1cc(C)c(-n2ccnc2-c2[c-]cccc2)c(C)c1.[Ir].[c-]1cccc2c3cc(-c4cccc(-c5ccc6c(c5)c5ccccc5n6-c5ccccc5)c4)ccc3c3ccnn3c12. The molecular weight excluding hydrogens is 947 g/mol. The van der Waals surface area contributed by atoms with Crippen LogP contribution in [0, 0.1) is 32.9 Å². The summed E-state index contributed by atoms with van der Waals surface area (Å²) in [6.07, 6.45) is 5.72. The number of hydrogen-bond acceptors (Lipinski definition) is 2. The Balaban J connectivity index is 0.000000189. The summed E-state index contributed by atoms with van der Waals surface area (Å²) >= 11 is 0. The Labute approximate surface area is 379 Å². The summed E-state index contributed by atoms with van der Waals surface area (Å²) < 4.78 is 6.50. The zero-order chi connectivity index (χ0) is 41.7. The van der Waals surface area contributed by atoms with Gasteiger partial charge in [0.1, 0.15) is 0 Å². The molecule has 0 saturated heterocycles. The van der Waals surface area contributed by atoms with Crippen LogP contribution in [0.4, 0.5) is 0 Å². The van der Waals surface area contributed by atoms with Crippen LogP contribution in [0.1, 0.15) is 16.7 Å². The minimum atomic E-state index is 0. The van der Waals surface area contributed by atoms with Gasteiger partial charge in [-0.3, -0.25) is 9.50 Å². The van der Waals surface area contributed by atoms with Gasteiger partial charge in [0.15, 0.2) is 0 Å². The van der Waals surface area contributed by atoms with Crippen molar-refractivity contribution in [1.29, 1.82) is 0 Å². The van der Waals surface area contributed by atoms with Crippen LogP contribution in [0.3, 0.4) is 0 Å². The summed E-state index contributed by atoms with van der Waals surface area (Å²) in [5, 5.41) is 10.7. The Morgan fingerprint density at radius 1 is 0.476 bits per heavy atom. The van der Waals surface area contributed by atoms with E-state index >= 15 is 0 Å². The van der Waals surface area contributed by atoms with Crippen LogP contribution in [0.2, 0.25) is 0 Å². The predicted octanol–water partition coefficient (Wildman–Crippen LogP) is 14.1. The van der Waals surface area contributed by atoms with Gasteiger partial charge < -0.3 is 9.13 Å². The number of para-hydroxylation sites is 3. The number of nitrogens with zero attached hydrogens (tertiary/aromatic N) is 5. The Kier molecular flexibility index (Phi) is 10.4. The first-order valence-corrected chi connectivity index (χ1v) is 21.0. The molecule has 0 fully saturated rings. The summed E-state index contributed by atoms with van der Waals surface area (Å²) in [5.74, 6) is 0.931. The number of pyridine rings is 1. The molecule has 6 heteroatoms. The fourth-order valence-electron chi connectivity index (χ4n) is 9.33. The second-order valence-electron chi connectivity index (χ2n) is 16.0. The fraction of sp³-hybridized carbons (Fsp3) is 0.0526. The minimum absolute atomic E-state index is 0. The van der Waals surface area contributed by atoms with E-state index in [1.807, 2.05) is 53.4 Å². The second-order valence-corrected chi connectivity index (χ2v) is 16.0. The van der Waals surface area contributed by atoms with Gasteiger partial charge in [-0.2, -0.15) is 29.4 Å². The molecule has 0 amide bonds. The fourth-order valence-corrected chi connectivity index (χ4v) is 9.33. The van der Waals surface area contributed by atoms with Crippen LogP contribution in [0.5, 0.6) is 0 Å². The molecule has 0 saturated carbocycles. The van der Waals surface area contributed by atoms with Crippen molar-refractivity contribution >= 4 is 49.0 Å². The smallest absolute Gasteiger partial charge is 0.0711 e. The van der Waals surface area contributed by atoms with E-state index in [2.05, 4.69) is 198 Å². The van der Waals surface area contributed by atoms with Gasteiger partial charge >= 0.3 is 0 Å². The van der Waals surface area contributed by atoms with Crippen molar-refractivity contribution < 1.29 is 20.1 Å². The molecule has 0 aliphatic heterocycles. The van der Waals surface area contributed by atoms with Crippen LogP contribution in [-0.4, -0.2) is 23.7 Å². The molecular formula is C57H41IrN5-2. The summed E-state index contributed by atoms with van der Waals surface area (Å²) in [6.45, 7) is 6.42. The van der Waals surface area contributed by atoms with Gasteiger partial charge in [0, 0.05) is 60.8 Å². The van der Waals surface area contributed by atoms with Crippen molar-refractivity contribution in [2.75, 3.05) is 0 Å². The van der Waals surface area contributed by atoms with Crippen molar-refractivity contribution in [3.05, 3.63) is 223 Å². The van der Waals surface area contributed by atoms with Crippen LogP contribution in [0.25, 0.3) is 94.0 Å². The third-order valence-corrected chi connectivity index (χ3v) is 12.0. The van der Waals surface area contributed by atoms with E-state index in [1.165, 1.54) is 82.9 Å². The van der Waals surface area contributed by atoms with E-state index in [9.17, 15) is 0 Å². The average Bonchev–Trinajstić information content (AvgIpc) is 4.08. The first-order valence-electron chi connectivity index (χ1n) is 21.0. The van der Waals surface area contributed by atoms with Crippen molar-refractivity contribution in [3.63, 3.8) is 0 Å². The zero-order valence-corrected chi connectivity index (χ0v) is 37.4. The standard InChI is InChI=1S/C39H24N3.C18H17N2.Ir/c1-2-11-30(12-3-1)41-36-15-6-4-14-32(36)35-25-29(18-20-37(35)41)27-10-8-9-26(23-27)28-17-19-33-34(24-28)31-13-5-7-16-38(31)42-39(33)21-22-40-42;1-13-11-14(2)17(15(3)12-13)20-10-9-19-18(20)16-7-5-4-6-8-16;/h1-15,17-25H;4-7,9-12H,1-3H3;/q2*-1;. The van der Waals surface area contributed by atoms with Gasteiger partial charge in [0.05, 0.1) is 22.4 Å². The molecule has 12 rings (SSSR count). The number of hydrogen-bond donors (Lipinski definition) is 0. The Bertz CT molecular complexity index is 3590. The molecule has 12 aromatic rings. The molecule has 0 bridgehead atoms. The number of aryl methyl sites for hydroxylation is 3. The summed E-state index contributed by atoms with van der Waals surface area (Å²) in [4.78, 5) is 4.50. The maximum atomic E-state index is 4.57. The molecule has 0 aliphatic carbocycles. The number of aromatic nitrogens is 5. The quantitative estimate of drug-likeness (QED) is 0.127. The third-order valence-electron chi connectivity index (χ3n) is 12.0. The van der Waals surface area contributed by atoms with Gasteiger partial charge in [-0.15, -0.1) is 41.3 Å². The molecule has 4 aromatic heterocycles. The van der Waals surface area contributed by atoms with Crippen molar-refractivity contribution in [3.8, 4) is 45.0 Å². The zero-order valence-electron chi connectivity index (χ0n) is 35.0. The number of benzene rings is 8. The number of imidazole rings is 1. The van der Waals surface area contributed by atoms with Crippen molar-refractivity contribution in [1.82, 2.24) is 23.7 Å². The van der Waals surface area contributed by atoms with Gasteiger partial charge in [0.25, 0.3) is 0 Å². The summed E-state index contributed by atoms with van der Waals surface area (Å²) in [7, 11) is 0. The first kappa shape index (κ1) is 39.7. The third kappa shape index (κ3) is 7.04. The van der Waals surface area contributed by atoms with Crippen LogP contribution in [-0.2, 0) is 20.1 Å². The summed E-state index contributed by atoms with van der Waals surface area (Å²) in [6, 6.07) is 69.1. The maximum Gasteiger partial charge on any atom is 0.0711 e. The topological polar surface area (TPSA) is 40.0 Å². The number of fused-ring (bicyclic) bond motifs is 9. The van der Waals surface area contributed by atoms with Crippen LogP contribution >= 0.6 is 0 Å². The molecule has 0 aliphatic rings. The summed E-state index contributed by atoms with van der Waals surface area (Å²) in [5.41, 5.74) is 16.5. The maximum absolute atomic E-state index is 4.57. The van der Waals surface area contributed by atoms with Gasteiger partial charge in [0.2, 0.25) is 0 Å². The van der Waals surface area contributed by atoms with E-state index in [0.717, 1.165) is 27.8 Å². The van der Waals surface area contributed by atoms with E-state index < -0.39 is 0 Å². The van der Waals surface area contributed by atoms with Gasteiger partial charge in [-0.25, -0.2) is 0 Å². The molecule has 305 valence electrons. The normalized spacial score (nSPS) is 11.3. The monoisotopic (exact) mass is 988 g/mol. The number of rotatable bonds is 5. The van der Waals surface area contributed by atoms with E-state index in [0.29, 0.717) is 0 Å². The largest absolute Gasteiger partial charge is 0.340 e.